The number of methoxy groups -OCH3 is 1. The summed E-state index contributed by atoms with van der Waals surface area (Å²) in [6.07, 6.45) is 1.76. The second-order valence-electron chi connectivity index (χ2n) is 3.56. The molecule has 0 atom stereocenters. The maximum absolute atomic E-state index is 11.2. The van der Waals surface area contributed by atoms with Gasteiger partial charge in [0.15, 0.2) is 0 Å². The van der Waals surface area contributed by atoms with E-state index in [1.54, 1.807) is 7.11 Å². The van der Waals surface area contributed by atoms with E-state index in [1.807, 2.05) is 0 Å². The largest absolute Gasteiger partial charge is 0.384 e. The monoisotopic (exact) mass is 200 g/mol. The summed E-state index contributed by atoms with van der Waals surface area (Å²) in [4.78, 5) is 23.3. The van der Waals surface area contributed by atoms with Gasteiger partial charge in [0.1, 0.15) is 0 Å². The average molecular weight is 200 g/mol. The van der Waals surface area contributed by atoms with Crippen molar-refractivity contribution in [3.8, 4) is 0 Å². The van der Waals surface area contributed by atoms with Crippen LogP contribution in [0.4, 0.5) is 0 Å². The Morgan fingerprint density at radius 1 is 1.43 bits per heavy atom. The topological polar surface area (TPSA) is 72.6 Å². The molecule has 0 aromatic rings. The van der Waals surface area contributed by atoms with E-state index in [-0.39, 0.29) is 0 Å². The first-order valence-electron chi connectivity index (χ1n) is 4.72. The molecular weight excluding hydrogens is 184 g/mol. The SMILES string of the molecule is COCC1CCN(C(=O)C(N)=O)CC1. The zero-order chi connectivity index (χ0) is 10.6. The van der Waals surface area contributed by atoms with Crippen molar-refractivity contribution in [3.05, 3.63) is 0 Å². The number of nitrogens with zero attached hydrogens (tertiary/aromatic N) is 1. The molecule has 1 heterocycles. The van der Waals surface area contributed by atoms with Crippen LogP contribution in [-0.2, 0) is 14.3 Å². The fraction of sp³-hybridized carbons (Fsp3) is 0.778. The van der Waals surface area contributed by atoms with E-state index in [9.17, 15) is 9.59 Å². The van der Waals surface area contributed by atoms with E-state index in [2.05, 4.69) is 0 Å². The molecule has 5 heteroatoms. The molecule has 1 fully saturated rings. The maximum atomic E-state index is 11.2. The summed E-state index contributed by atoms with van der Waals surface area (Å²) < 4.78 is 5.03. The molecule has 0 aromatic heterocycles. The number of amides is 2. The molecule has 0 spiro atoms. The molecule has 0 radical (unpaired) electrons. The quantitative estimate of drug-likeness (QED) is 0.602. The highest BCUT2D eigenvalue weighted by molar-refractivity contribution is 6.34. The van der Waals surface area contributed by atoms with Crippen LogP contribution in [0.15, 0.2) is 0 Å². The summed E-state index contributed by atoms with van der Waals surface area (Å²) in [6, 6.07) is 0. The normalized spacial score (nSPS) is 18.2. The van der Waals surface area contributed by atoms with Gasteiger partial charge in [0.05, 0.1) is 0 Å². The molecule has 0 aromatic carbocycles. The fourth-order valence-electron chi connectivity index (χ4n) is 1.69. The minimum atomic E-state index is -0.866. The Morgan fingerprint density at radius 3 is 2.43 bits per heavy atom. The second-order valence-corrected chi connectivity index (χ2v) is 3.56. The molecule has 5 nitrogen and oxygen atoms in total. The van der Waals surface area contributed by atoms with Crippen LogP contribution in [0.25, 0.3) is 0 Å². The Bertz CT molecular complexity index is 222. The van der Waals surface area contributed by atoms with Crippen molar-refractivity contribution in [2.75, 3.05) is 26.8 Å². The van der Waals surface area contributed by atoms with Crippen molar-refractivity contribution in [1.29, 1.82) is 0 Å². The molecule has 0 bridgehead atoms. The van der Waals surface area contributed by atoms with Crippen LogP contribution in [0.3, 0.4) is 0 Å². The van der Waals surface area contributed by atoms with E-state index in [4.69, 9.17) is 10.5 Å². The first-order chi connectivity index (χ1) is 6.65. The minimum Gasteiger partial charge on any atom is -0.384 e. The molecule has 1 saturated heterocycles. The predicted molar refractivity (Wildman–Crippen MR) is 50.4 cm³/mol. The standard InChI is InChI=1S/C9H16N2O3/c1-14-6-7-2-4-11(5-3-7)9(13)8(10)12/h7H,2-6H2,1H3,(H2,10,12). The van der Waals surface area contributed by atoms with Crippen molar-refractivity contribution < 1.29 is 14.3 Å². The van der Waals surface area contributed by atoms with Crippen LogP contribution in [0.2, 0.25) is 0 Å². The first kappa shape index (κ1) is 11.0. The van der Waals surface area contributed by atoms with Gasteiger partial charge in [-0.1, -0.05) is 0 Å². The van der Waals surface area contributed by atoms with Crippen LogP contribution in [0.1, 0.15) is 12.8 Å². The molecule has 0 aliphatic carbocycles. The molecular formula is C9H16N2O3. The van der Waals surface area contributed by atoms with Gasteiger partial charge in [0, 0.05) is 26.8 Å². The summed E-state index contributed by atoms with van der Waals surface area (Å²) in [5, 5.41) is 0. The Balaban J connectivity index is 2.35. The average Bonchev–Trinajstić information content (AvgIpc) is 2.18. The Hall–Kier alpha value is -1.10. The van der Waals surface area contributed by atoms with E-state index in [0.29, 0.717) is 19.0 Å². The second kappa shape index (κ2) is 4.95. The van der Waals surface area contributed by atoms with Crippen LogP contribution in [-0.4, -0.2) is 43.5 Å². The van der Waals surface area contributed by atoms with Gasteiger partial charge < -0.3 is 15.4 Å². The van der Waals surface area contributed by atoms with E-state index >= 15 is 0 Å². The van der Waals surface area contributed by atoms with Gasteiger partial charge in [-0.3, -0.25) is 9.59 Å². The van der Waals surface area contributed by atoms with E-state index in [1.165, 1.54) is 4.90 Å². The number of primary amides is 1. The Morgan fingerprint density at radius 2 is 2.00 bits per heavy atom. The van der Waals surface area contributed by atoms with Crippen molar-refractivity contribution in [2.45, 2.75) is 12.8 Å². The lowest BCUT2D eigenvalue weighted by Crippen LogP contribution is -2.45. The number of ether oxygens (including phenoxy) is 1. The van der Waals surface area contributed by atoms with Gasteiger partial charge in [-0.05, 0) is 18.8 Å². The first-order valence-corrected chi connectivity index (χ1v) is 4.72. The van der Waals surface area contributed by atoms with Crippen LogP contribution in [0, 0.1) is 5.92 Å². The molecule has 2 N–H and O–H groups in total. The Labute approximate surface area is 83.2 Å². The molecule has 0 unspecified atom stereocenters. The highest BCUT2D eigenvalue weighted by Crippen LogP contribution is 2.16. The number of likely N-dealkylation sites (tertiary alicyclic amines) is 1. The minimum absolute atomic E-state index is 0.497. The molecule has 80 valence electrons. The fourth-order valence-corrected chi connectivity index (χ4v) is 1.69. The van der Waals surface area contributed by atoms with Crippen molar-refractivity contribution in [2.24, 2.45) is 11.7 Å². The summed E-state index contributed by atoms with van der Waals surface area (Å²) in [5.41, 5.74) is 4.91. The van der Waals surface area contributed by atoms with Gasteiger partial charge in [0.2, 0.25) is 0 Å². The highest BCUT2D eigenvalue weighted by Gasteiger charge is 2.25. The predicted octanol–water partition coefficient (Wildman–Crippen LogP) is -0.643. The van der Waals surface area contributed by atoms with Crippen LogP contribution >= 0.6 is 0 Å². The van der Waals surface area contributed by atoms with Crippen molar-refractivity contribution >= 4 is 11.8 Å². The maximum Gasteiger partial charge on any atom is 0.311 e. The number of carbonyl (C=O) groups excluding carboxylic acids is 2. The molecule has 1 aliphatic rings. The van der Waals surface area contributed by atoms with Crippen LogP contribution < -0.4 is 5.73 Å². The Kier molecular flexibility index (Phi) is 3.88. The summed E-state index contributed by atoms with van der Waals surface area (Å²) in [7, 11) is 1.67. The van der Waals surface area contributed by atoms with Gasteiger partial charge >= 0.3 is 11.8 Å². The summed E-state index contributed by atoms with van der Waals surface area (Å²) in [5.74, 6) is -0.937. The molecule has 14 heavy (non-hydrogen) atoms. The number of rotatable bonds is 2. The molecule has 2 amide bonds. The lowest BCUT2D eigenvalue weighted by molar-refractivity contribution is -0.145. The lowest BCUT2D eigenvalue weighted by Gasteiger charge is -2.30. The van der Waals surface area contributed by atoms with Crippen molar-refractivity contribution in [1.82, 2.24) is 4.90 Å². The van der Waals surface area contributed by atoms with E-state index in [0.717, 1.165) is 19.4 Å². The highest BCUT2D eigenvalue weighted by atomic mass is 16.5. The van der Waals surface area contributed by atoms with E-state index < -0.39 is 11.8 Å². The lowest BCUT2D eigenvalue weighted by atomic mass is 9.98. The zero-order valence-corrected chi connectivity index (χ0v) is 8.36. The third-order valence-electron chi connectivity index (χ3n) is 2.51. The zero-order valence-electron chi connectivity index (χ0n) is 8.36. The molecule has 0 saturated carbocycles. The number of hydrogen-bond donors (Lipinski definition) is 1. The summed E-state index contributed by atoms with van der Waals surface area (Å²) in [6.45, 7) is 1.93. The molecule has 1 rings (SSSR count). The molecule has 1 aliphatic heterocycles. The van der Waals surface area contributed by atoms with Gasteiger partial charge in [-0.25, -0.2) is 0 Å². The number of nitrogens with two attached hydrogens (primary N) is 1. The third kappa shape index (κ3) is 2.70. The third-order valence-corrected chi connectivity index (χ3v) is 2.51. The number of carbonyl (C=O) groups is 2. The van der Waals surface area contributed by atoms with Crippen molar-refractivity contribution in [3.63, 3.8) is 0 Å². The smallest absolute Gasteiger partial charge is 0.311 e. The number of piperidine rings is 1. The van der Waals surface area contributed by atoms with Crippen LogP contribution in [0.5, 0.6) is 0 Å². The summed E-state index contributed by atoms with van der Waals surface area (Å²) >= 11 is 0. The number of hydrogen-bond acceptors (Lipinski definition) is 3. The van der Waals surface area contributed by atoms with Gasteiger partial charge in [-0.15, -0.1) is 0 Å². The van der Waals surface area contributed by atoms with Gasteiger partial charge in [-0.2, -0.15) is 0 Å². The van der Waals surface area contributed by atoms with Gasteiger partial charge in [0.25, 0.3) is 0 Å².